The van der Waals surface area contributed by atoms with Gasteiger partial charge in [0.15, 0.2) is 12.1 Å². The highest BCUT2D eigenvalue weighted by Crippen LogP contribution is 2.43. The van der Waals surface area contributed by atoms with Crippen LogP contribution in [-0.4, -0.2) is 31.8 Å². The third-order valence-corrected chi connectivity index (χ3v) is 7.02. The lowest BCUT2D eigenvalue weighted by Gasteiger charge is -2.28. The van der Waals surface area contributed by atoms with Crippen LogP contribution in [-0.2, 0) is 4.74 Å². The van der Waals surface area contributed by atoms with Gasteiger partial charge in [-0.3, -0.25) is 9.88 Å². The first kappa shape index (κ1) is 22.4. The summed E-state index contributed by atoms with van der Waals surface area (Å²) in [5, 5.41) is 25.1. The van der Waals surface area contributed by atoms with Crippen LogP contribution in [0.3, 0.4) is 0 Å². The van der Waals surface area contributed by atoms with Crippen LogP contribution in [0.4, 0.5) is 0 Å². The van der Waals surface area contributed by atoms with Crippen molar-refractivity contribution < 1.29 is 9.84 Å². The number of halogens is 1. The second-order valence-corrected chi connectivity index (χ2v) is 10.7. The zero-order valence-electron chi connectivity index (χ0n) is 18.7. The smallest absolute Gasteiger partial charge is 0.157 e. The number of ether oxygens (including phenoxy) is 1. The topological polar surface area (TPSA) is 72.2 Å². The Morgan fingerprint density at radius 2 is 1.87 bits per heavy atom. The molecule has 3 aromatic rings. The lowest BCUT2D eigenvalue weighted by molar-refractivity contribution is -0.171. The van der Waals surface area contributed by atoms with Crippen molar-refractivity contribution in [3.05, 3.63) is 62.5 Å². The molecule has 1 aromatic carbocycles. The van der Waals surface area contributed by atoms with Crippen LogP contribution < -0.4 is 5.32 Å². The number of fused-ring (bicyclic) bond motifs is 3. The highest BCUT2D eigenvalue weighted by atomic mass is 35.5. The Kier molecular flexibility index (Phi) is 6.00. The van der Waals surface area contributed by atoms with E-state index in [2.05, 4.69) is 46.1 Å². The molecule has 0 saturated carbocycles. The van der Waals surface area contributed by atoms with E-state index >= 15 is 0 Å². The SMILES string of the molecule is Cc1sc2c(c1C)C(c1ccc(Cl)cc1)N[C@H](CC(O)OC(C)(C)C)c1nnc(C)n1-2. The van der Waals surface area contributed by atoms with E-state index in [4.69, 9.17) is 16.3 Å². The van der Waals surface area contributed by atoms with E-state index in [1.165, 1.54) is 16.0 Å². The number of nitrogens with one attached hydrogen (secondary N) is 1. The maximum absolute atomic E-state index is 10.7. The van der Waals surface area contributed by atoms with Gasteiger partial charge >= 0.3 is 0 Å². The first-order chi connectivity index (χ1) is 14.5. The van der Waals surface area contributed by atoms with Crippen LogP contribution in [0.25, 0.3) is 5.00 Å². The van der Waals surface area contributed by atoms with Crippen molar-refractivity contribution in [2.75, 3.05) is 0 Å². The Morgan fingerprint density at radius 3 is 2.52 bits per heavy atom. The van der Waals surface area contributed by atoms with E-state index in [0.717, 1.165) is 22.2 Å². The van der Waals surface area contributed by atoms with E-state index in [-0.39, 0.29) is 12.1 Å². The van der Waals surface area contributed by atoms with Gasteiger partial charge in [-0.2, -0.15) is 0 Å². The van der Waals surface area contributed by atoms with Gasteiger partial charge in [-0.1, -0.05) is 23.7 Å². The van der Waals surface area contributed by atoms with Gasteiger partial charge in [0, 0.05) is 21.9 Å². The standard InChI is InChI=1S/C23H29ClN4O2S/c1-12-13(2)31-22-19(12)20(15-7-9-16(24)10-8-15)25-17(11-18(29)30-23(4,5)6)21-27-26-14(3)28(21)22/h7-10,17-18,20,25,29H,11H2,1-6H3/t17-,18?,20?/m1/s1. The van der Waals surface area contributed by atoms with Crippen molar-refractivity contribution in [1.29, 1.82) is 0 Å². The summed E-state index contributed by atoms with van der Waals surface area (Å²) < 4.78 is 7.93. The molecule has 0 aliphatic carbocycles. The second-order valence-electron chi connectivity index (χ2n) is 9.07. The van der Waals surface area contributed by atoms with Crippen molar-refractivity contribution >= 4 is 22.9 Å². The molecule has 4 rings (SSSR count). The third kappa shape index (κ3) is 4.43. The quantitative estimate of drug-likeness (QED) is 0.526. The summed E-state index contributed by atoms with van der Waals surface area (Å²) in [7, 11) is 0. The van der Waals surface area contributed by atoms with Gasteiger partial charge in [0.05, 0.1) is 17.7 Å². The molecule has 0 saturated heterocycles. The van der Waals surface area contributed by atoms with E-state index in [0.29, 0.717) is 11.4 Å². The van der Waals surface area contributed by atoms with Gasteiger partial charge in [-0.15, -0.1) is 21.5 Å². The zero-order chi connectivity index (χ0) is 22.5. The minimum atomic E-state index is -0.937. The molecule has 2 aromatic heterocycles. The number of hydrogen-bond acceptors (Lipinski definition) is 6. The number of benzene rings is 1. The van der Waals surface area contributed by atoms with Crippen LogP contribution in [0, 0.1) is 20.8 Å². The lowest BCUT2D eigenvalue weighted by Crippen LogP contribution is -2.34. The minimum absolute atomic E-state index is 0.0786. The molecule has 2 N–H and O–H groups in total. The number of aromatic nitrogens is 3. The molecular formula is C23H29ClN4O2S. The number of hydrogen-bond donors (Lipinski definition) is 2. The third-order valence-electron chi connectivity index (χ3n) is 5.56. The fourth-order valence-corrected chi connectivity index (χ4v) is 5.47. The minimum Gasteiger partial charge on any atom is -0.368 e. The molecule has 1 aliphatic heterocycles. The summed E-state index contributed by atoms with van der Waals surface area (Å²) in [5.41, 5.74) is 3.12. The zero-order valence-corrected chi connectivity index (χ0v) is 20.3. The van der Waals surface area contributed by atoms with E-state index in [9.17, 15) is 5.11 Å². The van der Waals surface area contributed by atoms with Crippen LogP contribution in [0.1, 0.15) is 72.5 Å². The summed E-state index contributed by atoms with van der Waals surface area (Å²) in [6.45, 7) is 12.1. The van der Waals surface area contributed by atoms with Crippen molar-refractivity contribution in [2.24, 2.45) is 0 Å². The molecule has 8 heteroatoms. The number of aryl methyl sites for hydroxylation is 2. The summed E-state index contributed by atoms with van der Waals surface area (Å²) in [5.74, 6) is 1.61. The Bertz CT molecular complexity index is 1080. The monoisotopic (exact) mass is 460 g/mol. The number of aliphatic hydroxyl groups excluding tert-OH is 1. The Hall–Kier alpha value is -1.77. The van der Waals surface area contributed by atoms with E-state index in [1.54, 1.807) is 11.3 Å². The fraction of sp³-hybridized carbons (Fsp3) is 0.478. The van der Waals surface area contributed by atoms with Crippen molar-refractivity contribution in [3.8, 4) is 5.00 Å². The Morgan fingerprint density at radius 1 is 1.19 bits per heavy atom. The van der Waals surface area contributed by atoms with Crippen LogP contribution >= 0.6 is 22.9 Å². The van der Waals surface area contributed by atoms with Gasteiger partial charge in [-0.05, 0) is 64.8 Å². The second kappa shape index (κ2) is 8.30. The summed E-state index contributed by atoms with van der Waals surface area (Å²) in [6, 6.07) is 7.59. The predicted octanol–water partition coefficient (Wildman–Crippen LogP) is 5.16. The Balaban J connectivity index is 1.83. The molecule has 6 nitrogen and oxygen atoms in total. The number of nitrogens with zero attached hydrogens (tertiary/aromatic N) is 3. The normalized spacial score (nSPS) is 19.6. The van der Waals surface area contributed by atoms with Crippen molar-refractivity contribution in [3.63, 3.8) is 0 Å². The van der Waals surface area contributed by atoms with Crippen LogP contribution in [0.5, 0.6) is 0 Å². The molecular weight excluding hydrogens is 432 g/mol. The molecule has 0 bridgehead atoms. The average Bonchev–Trinajstić information content (AvgIpc) is 3.14. The largest absolute Gasteiger partial charge is 0.368 e. The van der Waals surface area contributed by atoms with Gasteiger partial charge in [0.2, 0.25) is 0 Å². The lowest BCUT2D eigenvalue weighted by atomic mass is 9.96. The summed E-state index contributed by atoms with van der Waals surface area (Å²) in [6.07, 6.45) is -0.584. The number of rotatable bonds is 4. The average molecular weight is 461 g/mol. The van der Waals surface area contributed by atoms with Crippen molar-refractivity contribution in [2.45, 2.75) is 71.9 Å². The summed E-state index contributed by atoms with van der Waals surface area (Å²) >= 11 is 7.91. The van der Waals surface area contributed by atoms with E-state index < -0.39 is 11.9 Å². The summed E-state index contributed by atoms with van der Waals surface area (Å²) in [4.78, 5) is 1.26. The predicted molar refractivity (Wildman–Crippen MR) is 124 cm³/mol. The molecule has 0 spiro atoms. The molecule has 31 heavy (non-hydrogen) atoms. The molecule has 1 aliphatic rings. The molecule has 3 heterocycles. The fourth-order valence-electron chi connectivity index (χ4n) is 4.10. The highest BCUT2D eigenvalue weighted by molar-refractivity contribution is 7.14. The molecule has 166 valence electrons. The van der Waals surface area contributed by atoms with Gasteiger partial charge in [0.25, 0.3) is 0 Å². The number of thiophene rings is 1. The molecule has 0 radical (unpaired) electrons. The maximum atomic E-state index is 10.7. The number of aliphatic hydroxyl groups is 1. The van der Waals surface area contributed by atoms with Gasteiger partial charge in [-0.25, -0.2) is 0 Å². The molecule has 2 unspecified atom stereocenters. The van der Waals surface area contributed by atoms with Crippen molar-refractivity contribution in [1.82, 2.24) is 20.1 Å². The first-order valence-corrected chi connectivity index (χ1v) is 11.6. The van der Waals surface area contributed by atoms with Crippen LogP contribution in [0.2, 0.25) is 5.02 Å². The molecule has 3 atom stereocenters. The highest BCUT2D eigenvalue weighted by Gasteiger charge is 2.36. The van der Waals surface area contributed by atoms with Gasteiger partial charge in [0.1, 0.15) is 10.8 Å². The van der Waals surface area contributed by atoms with Gasteiger partial charge < -0.3 is 9.84 Å². The maximum Gasteiger partial charge on any atom is 0.157 e. The Labute approximate surface area is 192 Å². The molecule has 0 fully saturated rings. The molecule has 0 amide bonds. The first-order valence-electron chi connectivity index (χ1n) is 10.4. The van der Waals surface area contributed by atoms with E-state index in [1.807, 2.05) is 39.8 Å². The van der Waals surface area contributed by atoms with Crippen LogP contribution in [0.15, 0.2) is 24.3 Å².